The Labute approximate surface area is 113 Å². The van der Waals surface area contributed by atoms with Crippen molar-refractivity contribution in [3.05, 3.63) is 29.8 Å². The molecular formula is C15H19NO3. The van der Waals surface area contributed by atoms with Gasteiger partial charge in [0.05, 0.1) is 12.5 Å². The van der Waals surface area contributed by atoms with Crippen molar-refractivity contribution in [1.29, 1.82) is 0 Å². The lowest BCUT2D eigenvalue weighted by molar-refractivity contribution is -0.139. The van der Waals surface area contributed by atoms with Gasteiger partial charge < -0.3 is 14.7 Å². The van der Waals surface area contributed by atoms with Crippen LogP contribution in [0.4, 0.5) is 5.69 Å². The number of aliphatic carboxylic acids is 1. The molecule has 0 spiro atoms. The van der Waals surface area contributed by atoms with Gasteiger partial charge in [0.1, 0.15) is 0 Å². The minimum atomic E-state index is -0.712. The van der Waals surface area contributed by atoms with E-state index in [-0.39, 0.29) is 5.92 Å². The highest BCUT2D eigenvalue weighted by Gasteiger charge is 2.31. The zero-order chi connectivity index (χ0) is 13.2. The molecule has 1 aromatic carbocycles. The lowest BCUT2D eigenvalue weighted by Crippen LogP contribution is -2.37. The third kappa shape index (κ3) is 2.45. The Morgan fingerprint density at radius 1 is 1.37 bits per heavy atom. The number of benzene rings is 1. The molecule has 4 nitrogen and oxygen atoms in total. The summed E-state index contributed by atoms with van der Waals surface area (Å²) in [5.74, 6) is -0.488. The number of rotatable bonds is 3. The van der Waals surface area contributed by atoms with Crippen LogP contribution in [0, 0.1) is 5.92 Å². The summed E-state index contributed by atoms with van der Waals surface area (Å²) in [4.78, 5) is 13.7. The zero-order valence-electron chi connectivity index (χ0n) is 10.9. The smallest absolute Gasteiger partial charge is 0.311 e. The first kappa shape index (κ1) is 12.5. The van der Waals surface area contributed by atoms with Gasteiger partial charge in [-0.05, 0) is 24.5 Å². The topological polar surface area (TPSA) is 49.8 Å². The Balaban J connectivity index is 1.83. The van der Waals surface area contributed by atoms with E-state index >= 15 is 0 Å². The number of ether oxygens (including phenoxy) is 1. The van der Waals surface area contributed by atoms with Gasteiger partial charge in [0.2, 0.25) is 0 Å². The molecule has 2 heterocycles. The van der Waals surface area contributed by atoms with Crippen LogP contribution in [0.5, 0.6) is 0 Å². The number of carboxylic acid groups (broad SMARTS) is 1. The van der Waals surface area contributed by atoms with Gasteiger partial charge in [-0.2, -0.15) is 0 Å². The summed E-state index contributed by atoms with van der Waals surface area (Å²) < 4.78 is 5.43. The molecule has 3 rings (SSSR count). The normalized spacial score (nSPS) is 26.2. The lowest BCUT2D eigenvalue weighted by Gasteiger charge is -2.35. The molecule has 1 N–H and O–H groups in total. The average Bonchev–Trinajstić information content (AvgIpc) is 2.91. The quantitative estimate of drug-likeness (QED) is 0.905. The maximum atomic E-state index is 11.3. The van der Waals surface area contributed by atoms with E-state index < -0.39 is 5.97 Å². The van der Waals surface area contributed by atoms with Crippen LogP contribution in [0.2, 0.25) is 0 Å². The van der Waals surface area contributed by atoms with Crippen molar-refractivity contribution in [2.45, 2.75) is 18.8 Å². The second-order valence-electron chi connectivity index (χ2n) is 5.41. The predicted octanol–water partition coefficient (Wildman–Crippen LogP) is 2.10. The molecule has 102 valence electrons. The molecule has 0 aromatic heterocycles. The van der Waals surface area contributed by atoms with Gasteiger partial charge in [0, 0.05) is 31.3 Å². The molecule has 1 saturated heterocycles. The Morgan fingerprint density at radius 2 is 2.21 bits per heavy atom. The van der Waals surface area contributed by atoms with Crippen molar-refractivity contribution in [2.24, 2.45) is 5.92 Å². The number of carbonyl (C=O) groups is 1. The van der Waals surface area contributed by atoms with Crippen molar-refractivity contribution in [1.82, 2.24) is 0 Å². The highest BCUT2D eigenvalue weighted by atomic mass is 16.5. The van der Waals surface area contributed by atoms with E-state index in [4.69, 9.17) is 4.74 Å². The molecule has 2 atom stereocenters. The van der Waals surface area contributed by atoms with Crippen LogP contribution >= 0.6 is 0 Å². The lowest BCUT2D eigenvalue weighted by atomic mass is 9.89. The minimum Gasteiger partial charge on any atom is -0.481 e. The first-order chi connectivity index (χ1) is 9.25. The maximum Gasteiger partial charge on any atom is 0.311 e. The second kappa shape index (κ2) is 5.21. The highest BCUT2D eigenvalue weighted by molar-refractivity contribution is 5.80. The summed E-state index contributed by atoms with van der Waals surface area (Å²) in [5.41, 5.74) is 2.05. The molecule has 1 fully saturated rings. The van der Waals surface area contributed by atoms with Crippen LogP contribution in [0.3, 0.4) is 0 Å². The van der Waals surface area contributed by atoms with Crippen LogP contribution in [-0.2, 0) is 9.53 Å². The van der Waals surface area contributed by atoms with Gasteiger partial charge in [0.15, 0.2) is 0 Å². The molecule has 0 bridgehead atoms. The molecule has 1 aromatic rings. The van der Waals surface area contributed by atoms with E-state index in [1.54, 1.807) is 0 Å². The summed E-state index contributed by atoms with van der Waals surface area (Å²) in [6, 6.07) is 7.91. The van der Waals surface area contributed by atoms with Crippen molar-refractivity contribution in [3.63, 3.8) is 0 Å². The number of hydrogen-bond acceptors (Lipinski definition) is 3. The van der Waals surface area contributed by atoms with Gasteiger partial charge in [-0.15, -0.1) is 0 Å². The van der Waals surface area contributed by atoms with Gasteiger partial charge in [-0.3, -0.25) is 4.79 Å². The molecule has 0 aliphatic carbocycles. The van der Waals surface area contributed by atoms with Gasteiger partial charge >= 0.3 is 5.97 Å². The monoisotopic (exact) mass is 261 g/mol. The van der Waals surface area contributed by atoms with Crippen molar-refractivity contribution in [2.75, 3.05) is 31.2 Å². The third-order valence-electron chi connectivity index (χ3n) is 4.14. The number of fused-ring (bicyclic) bond motifs is 1. The Bertz CT molecular complexity index is 468. The van der Waals surface area contributed by atoms with Crippen molar-refractivity contribution < 1.29 is 14.6 Å². The number of anilines is 1. The Hall–Kier alpha value is -1.55. The number of nitrogens with zero attached hydrogens (tertiary/aromatic N) is 1. The van der Waals surface area contributed by atoms with E-state index in [9.17, 15) is 9.90 Å². The van der Waals surface area contributed by atoms with Crippen molar-refractivity contribution >= 4 is 11.7 Å². The summed E-state index contributed by atoms with van der Waals surface area (Å²) in [6.45, 7) is 3.49. The summed E-state index contributed by atoms with van der Waals surface area (Å²) in [5, 5.41) is 9.32. The Morgan fingerprint density at radius 3 is 2.95 bits per heavy atom. The van der Waals surface area contributed by atoms with Crippen LogP contribution in [0.1, 0.15) is 24.3 Å². The molecule has 2 aliphatic rings. The predicted molar refractivity (Wildman–Crippen MR) is 72.6 cm³/mol. The van der Waals surface area contributed by atoms with Gasteiger partial charge in [-0.1, -0.05) is 18.2 Å². The van der Waals surface area contributed by atoms with E-state index in [1.165, 1.54) is 0 Å². The molecule has 19 heavy (non-hydrogen) atoms. The molecule has 0 amide bonds. The fraction of sp³-hybridized carbons (Fsp3) is 0.533. The van der Waals surface area contributed by atoms with Crippen LogP contribution in [0.15, 0.2) is 24.3 Å². The Kier molecular flexibility index (Phi) is 3.42. The second-order valence-corrected chi connectivity index (χ2v) is 5.41. The molecule has 0 saturated carbocycles. The fourth-order valence-corrected chi connectivity index (χ4v) is 3.12. The van der Waals surface area contributed by atoms with Crippen LogP contribution in [-0.4, -0.2) is 37.4 Å². The fourth-order valence-electron chi connectivity index (χ4n) is 3.12. The zero-order valence-corrected chi connectivity index (χ0v) is 10.9. The molecule has 4 heteroatoms. The minimum absolute atomic E-state index is 0.354. The molecule has 0 radical (unpaired) electrons. The first-order valence-electron chi connectivity index (χ1n) is 6.90. The molecular weight excluding hydrogens is 242 g/mol. The van der Waals surface area contributed by atoms with E-state index in [2.05, 4.69) is 4.90 Å². The van der Waals surface area contributed by atoms with Crippen molar-refractivity contribution in [3.8, 4) is 0 Å². The van der Waals surface area contributed by atoms with E-state index in [0.29, 0.717) is 12.3 Å². The number of para-hydroxylation sites is 1. The average molecular weight is 261 g/mol. The van der Waals surface area contributed by atoms with Gasteiger partial charge in [0.25, 0.3) is 0 Å². The summed E-state index contributed by atoms with van der Waals surface area (Å²) >= 11 is 0. The number of carboxylic acids is 1. The van der Waals surface area contributed by atoms with E-state index in [0.717, 1.165) is 44.0 Å². The van der Waals surface area contributed by atoms with E-state index in [1.807, 2.05) is 24.3 Å². The molecule has 2 unspecified atom stereocenters. The highest BCUT2D eigenvalue weighted by Crippen LogP contribution is 2.36. The third-order valence-corrected chi connectivity index (χ3v) is 4.14. The molecule has 2 aliphatic heterocycles. The SMILES string of the molecule is O=C(O)C1CCN(CC2CCOC2)c2ccccc21. The summed E-state index contributed by atoms with van der Waals surface area (Å²) in [7, 11) is 0. The summed E-state index contributed by atoms with van der Waals surface area (Å²) in [6.07, 6.45) is 1.81. The number of hydrogen-bond donors (Lipinski definition) is 1. The standard InChI is InChI=1S/C15H19NO3/c17-15(18)13-5-7-16(9-11-6-8-19-10-11)14-4-2-1-3-12(13)14/h1-4,11,13H,5-10H2,(H,17,18). The van der Waals surface area contributed by atoms with Gasteiger partial charge in [-0.25, -0.2) is 0 Å². The maximum absolute atomic E-state index is 11.3. The first-order valence-corrected chi connectivity index (χ1v) is 6.90. The van der Waals surface area contributed by atoms with Crippen LogP contribution in [0.25, 0.3) is 0 Å². The largest absolute Gasteiger partial charge is 0.481 e. The van der Waals surface area contributed by atoms with Crippen LogP contribution < -0.4 is 4.90 Å².